The fourth-order valence-corrected chi connectivity index (χ4v) is 3.75. The van der Waals surface area contributed by atoms with Crippen LogP contribution in [0.4, 0.5) is 0 Å². The van der Waals surface area contributed by atoms with E-state index < -0.39 is 0 Å². The van der Waals surface area contributed by atoms with Gasteiger partial charge < -0.3 is 0 Å². The van der Waals surface area contributed by atoms with Crippen LogP contribution >= 0.6 is 0 Å². The molecule has 0 aromatic rings. The highest BCUT2D eigenvalue weighted by Gasteiger charge is 2.14. The summed E-state index contributed by atoms with van der Waals surface area (Å²) in [6.45, 7) is 7.72. The van der Waals surface area contributed by atoms with Crippen LogP contribution in [0.15, 0.2) is 23.3 Å². The maximum Gasteiger partial charge on any atom is 0.0165 e. The third-order valence-corrected chi connectivity index (χ3v) is 5.21. The molecule has 2 heteroatoms. The first-order chi connectivity index (χ1) is 9.90. The molecule has 0 amide bonds. The second-order valence-electron chi connectivity index (χ2n) is 6.74. The highest BCUT2D eigenvalue weighted by atomic mass is 15.1. The van der Waals surface area contributed by atoms with E-state index in [0.29, 0.717) is 0 Å². The van der Waals surface area contributed by atoms with Crippen LogP contribution in [0.25, 0.3) is 0 Å². The zero-order valence-electron chi connectivity index (χ0n) is 12.9. The van der Waals surface area contributed by atoms with Crippen LogP contribution in [-0.2, 0) is 0 Å². The number of rotatable bonds is 4. The molecule has 2 heterocycles. The monoisotopic (exact) mass is 274 g/mol. The molecule has 112 valence electrons. The van der Waals surface area contributed by atoms with Crippen molar-refractivity contribution >= 4 is 0 Å². The quantitative estimate of drug-likeness (QED) is 0.723. The largest absolute Gasteiger partial charge is 0.300 e. The standard InChI is InChI=1S/C18H30N2/c1-2-12-19(11-1)15-9-17-5-7-18(8-6-17)10-16-20-13-3-4-14-20/h9-10H,1-8,11-16H2. The smallest absolute Gasteiger partial charge is 0.0165 e. The Labute approximate surface area is 124 Å². The average molecular weight is 274 g/mol. The lowest BCUT2D eigenvalue weighted by Crippen LogP contribution is -2.20. The van der Waals surface area contributed by atoms with Crippen molar-refractivity contribution in [2.75, 3.05) is 39.3 Å². The maximum absolute atomic E-state index is 2.60. The van der Waals surface area contributed by atoms with E-state index >= 15 is 0 Å². The third-order valence-electron chi connectivity index (χ3n) is 5.21. The molecule has 0 N–H and O–H groups in total. The Morgan fingerprint density at radius 3 is 1.30 bits per heavy atom. The molecule has 0 atom stereocenters. The molecular weight excluding hydrogens is 244 g/mol. The zero-order chi connectivity index (χ0) is 13.6. The maximum atomic E-state index is 2.60. The lowest BCUT2D eigenvalue weighted by molar-refractivity contribution is 0.374. The molecule has 0 radical (unpaired) electrons. The van der Waals surface area contributed by atoms with Gasteiger partial charge in [0.2, 0.25) is 0 Å². The van der Waals surface area contributed by atoms with Gasteiger partial charge in [0.15, 0.2) is 0 Å². The lowest BCUT2D eigenvalue weighted by Gasteiger charge is -2.20. The van der Waals surface area contributed by atoms with E-state index in [1.165, 1.54) is 90.6 Å². The summed E-state index contributed by atoms with van der Waals surface area (Å²) < 4.78 is 0. The molecule has 0 aromatic carbocycles. The predicted molar refractivity (Wildman–Crippen MR) is 86.0 cm³/mol. The van der Waals surface area contributed by atoms with Gasteiger partial charge in [-0.05, 0) is 77.5 Å². The van der Waals surface area contributed by atoms with E-state index in [-0.39, 0.29) is 0 Å². The van der Waals surface area contributed by atoms with Crippen LogP contribution in [0.3, 0.4) is 0 Å². The van der Waals surface area contributed by atoms with Crippen LogP contribution in [0.2, 0.25) is 0 Å². The Hall–Kier alpha value is -0.600. The molecule has 0 unspecified atom stereocenters. The van der Waals surface area contributed by atoms with E-state index in [1.807, 2.05) is 0 Å². The molecule has 3 rings (SSSR count). The Morgan fingerprint density at radius 2 is 0.950 bits per heavy atom. The van der Waals surface area contributed by atoms with Crippen molar-refractivity contribution in [2.45, 2.75) is 51.4 Å². The first-order valence-corrected chi connectivity index (χ1v) is 8.71. The summed E-state index contributed by atoms with van der Waals surface area (Å²) >= 11 is 0. The van der Waals surface area contributed by atoms with Crippen molar-refractivity contribution in [3.8, 4) is 0 Å². The Bertz CT molecular complexity index is 310. The average Bonchev–Trinajstić information content (AvgIpc) is 3.17. The molecule has 0 bridgehead atoms. The van der Waals surface area contributed by atoms with E-state index in [0.717, 1.165) is 0 Å². The van der Waals surface area contributed by atoms with Crippen LogP contribution < -0.4 is 0 Å². The Morgan fingerprint density at radius 1 is 0.600 bits per heavy atom. The first kappa shape index (κ1) is 14.3. The Kier molecular flexibility index (Phi) is 5.32. The van der Waals surface area contributed by atoms with E-state index in [4.69, 9.17) is 0 Å². The van der Waals surface area contributed by atoms with Crippen molar-refractivity contribution in [2.24, 2.45) is 0 Å². The van der Waals surface area contributed by atoms with Crippen molar-refractivity contribution < 1.29 is 0 Å². The minimum atomic E-state index is 1.21. The topological polar surface area (TPSA) is 6.48 Å². The van der Waals surface area contributed by atoms with E-state index in [2.05, 4.69) is 22.0 Å². The van der Waals surface area contributed by atoms with Crippen molar-refractivity contribution in [1.82, 2.24) is 9.80 Å². The zero-order valence-corrected chi connectivity index (χ0v) is 12.9. The summed E-state index contributed by atoms with van der Waals surface area (Å²) in [6, 6.07) is 0. The minimum absolute atomic E-state index is 1.21. The molecule has 0 spiro atoms. The van der Waals surface area contributed by atoms with E-state index in [1.54, 1.807) is 11.1 Å². The highest BCUT2D eigenvalue weighted by Crippen LogP contribution is 2.27. The summed E-state index contributed by atoms with van der Waals surface area (Å²) in [6.07, 6.45) is 16.0. The predicted octanol–water partition coefficient (Wildman–Crippen LogP) is 3.60. The summed E-state index contributed by atoms with van der Waals surface area (Å²) in [5.41, 5.74) is 3.44. The molecule has 20 heavy (non-hydrogen) atoms. The molecular formula is C18H30N2. The molecule has 1 aliphatic carbocycles. The van der Waals surface area contributed by atoms with Gasteiger partial charge >= 0.3 is 0 Å². The normalized spacial score (nSPS) is 25.4. The second-order valence-corrected chi connectivity index (χ2v) is 6.74. The first-order valence-electron chi connectivity index (χ1n) is 8.71. The molecule has 2 saturated heterocycles. The number of hydrogen-bond donors (Lipinski definition) is 0. The number of nitrogens with zero attached hydrogens (tertiary/aromatic N) is 2. The van der Waals surface area contributed by atoms with Gasteiger partial charge in [0.25, 0.3) is 0 Å². The number of allylic oxidation sites excluding steroid dienone is 2. The molecule has 3 aliphatic rings. The van der Waals surface area contributed by atoms with Gasteiger partial charge in [-0.2, -0.15) is 0 Å². The fourth-order valence-electron chi connectivity index (χ4n) is 3.75. The molecule has 0 aromatic heterocycles. The van der Waals surface area contributed by atoms with Gasteiger partial charge in [0, 0.05) is 13.1 Å². The van der Waals surface area contributed by atoms with E-state index in [9.17, 15) is 0 Å². The van der Waals surface area contributed by atoms with Crippen molar-refractivity contribution in [3.63, 3.8) is 0 Å². The van der Waals surface area contributed by atoms with Crippen molar-refractivity contribution in [3.05, 3.63) is 23.3 Å². The number of hydrogen-bond acceptors (Lipinski definition) is 2. The Balaban J connectivity index is 1.39. The molecule has 3 fully saturated rings. The van der Waals surface area contributed by atoms with Crippen molar-refractivity contribution in [1.29, 1.82) is 0 Å². The van der Waals surface area contributed by atoms with Gasteiger partial charge in [-0.15, -0.1) is 0 Å². The van der Waals surface area contributed by atoms with Gasteiger partial charge in [-0.3, -0.25) is 9.80 Å². The van der Waals surface area contributed by atoms with Gasteiger partial charge in [-0.1, -0.05) is 23.3 Å². The summed E-state index contributed by atoms with van der Waals surface area (Å²) in [5, 5.41) is 0. The summed E-state index contributed by atoms with van der Waals surface area (Å²) in [5.74, 6) is 0. The van der Waals surface area contributed by atoms with Gasteiger partial charge in [0.1, 0.15) is 0 Å². The lowest BCUT2D eigenvalue weighted by atomic mass is 9.90. The van der Waals surface area contributed by atoms with Crippen LogP contribution in [0.1, 0.15) is 51.4 Å². The fraction of sp³-hybridized carbons (Fsp3) is 0.778. The second kappa shape index (κ2) is 7.42. The summed E-state index contributed by atoms with van der Waals surface area (Å²) in [7, 11) is 0. The number of likely N-dealkylation sites (tertiary alicyclic amines) is 2. The van der Waals surface area contributed by atoms with Gasteiger partial charge in [0.05, 0.1) is 0 Å². The molecule has 2 nitrogen and oxygen atoms in total. The molecule has 2 aliphatic heterocycles. The highest BCUT2D eigenvalue weighted by molar-refractivity contribution is 5.17. The molecule has 1 saturated carbocycles. The third kappa shape index (κ3) is 4.20. The van der Waals surface area contributed by atoms with Crippen LogP contribution in [-0.4, -0.2) is 49.1 Å². The summed E-state index contributed by atoms with van der Waals surface area (Å²) in [4.78, 5) is 5.21. The van der Waals surface area contributed by atoms with Crippen LogP contribution in [0, 0.1) is 0 Å². The SMILES string of the molecule is C(CN1CCCC1)=C1CCC(=CCN2CCCC2)CC1. The van der Waals surface area contributed by atoms with Gasteiger partial charge in [-0.25, -0.2) is 0 Å². The minimum Gasteiger partial charge on any atom is -0.300 e. The van der Waals surface area contributed by atoms with Crippen LogP contribution in [0.5, 0.6) is 0 Å².